The zero-order valence-electron chi connectivity index (χ0n) is 17.1. The molecular formula is C23H30N4O2. The van der Waals surface area contributed by atoms with Gasteiger partial charge in [-0.2, -0.15) is 0 Å². The molecule has 1 N–H and O–H groups in total. The highest BCUT2D eigenvalue weighted by Gasteiger charge is 2.47. The highest BCUT2D eigenvalue weighted by atomic mass is 16.5. The Kier molecular flexibility index (Phi) is 4.92. The lowest BCUT2D eigenvalue weighted by atomic mass is 9.88. The van der Waals surface area contributed by atoms with E-state index in [1.165, 1.54) is 24.0 Å². The van der Waals surface area contributed by atoms with Gasteiger partial charge in [0.2, 0.25) is 0 Å². The van der Waals surface area contributed by atoms with Gasteiger partial charge in [0.25, 0.3) is 5.91 Å². The molecule has 5 rings (SSSR count). The predicted molar refractivity (Wildman–Crippen MR) is 110 cm³/mol. The normalized spacial score (nSPS) is 23.7. The third kappa shape index (κ3) is 3.96. The van der Waals surface area contributed by atoms with Crippen LogP contribution < -0.4 is 5.32 Å². The van der Waals surface area contributed by atoms with Gasteiger partial charge in [-0.1, -0.05) is 29.8 Å². The quantitative estimate of drug-likeness (QED) is 0.847. The standard InChI is InChI=1S/C23H30N4O2/c1-17-2-4-19(5-3-17)15-26-11-8-23(9-12-26)22-24-10-13-27(22)16-20(29-23)21(28)25-14-18-6-7-18/h2-5,10,13,18,20H,6-9,11-12,14-16H2,1H3,(H,25,28)/t20-/m1/s1. The van der Waals surface area contributed by atoms with E-state index >= 15 is 0 Å². The molecule has 3 aliphatic rings. The van der Waals surface area contributed by atoms with E-state index in [4.69, 9.17) is 4.74 Å². The van der Waals surface area contributed by atoms with Crippen molar-refractivity contribution in [2.45, 2.75) is 57.4 Å². The number of hydrogen-bond donors (Lipinski definition) is 1. The summed E-state index contributed by atoms with van der Waals surface area (Å²) in [6.07, 6.45) is 7.59. The average Bonchev–Trinajstić information content (AvgIpc) is 3.44. The fraction of sp³-hybridized carbons (Fsp3) is 0.565. The zero-order valence-corrected chi connectivity index (χ0v) is 17.1. The molecule has 1 saturated heterocycles. The molecule has 0 unspecified atom stereocenters. The van der Waals surface area contributed by atoms with E-state index in [9.17, 15) is 4.79 Å². The number of nitrogens with one attached hydrogen (secondary N) is 1. The second-order valence-corrected chi connectivity index (χ2v) is 8.95. The molecule has 1 spiro atoms. The van der Waals surface area contributed by atoms with Crippen molar-refractivity contribution in [3.63, 3.8) is 0 Å². The van der Waals surface area contributed by atoms with Gasteiger partial charge >= 0.3 is 0 Å². The number of carbonyl (C=O) groups excluding carboxylic acids is 1. The third-order valence-electron chi connectivity index (χ3n) is 6.60. The van der Waals surface area contributed by atoms with Gasteiger partial charge in [0.05, 0.1) is 6.54 Å². The van der Waals surface area contributed by atoms with Gasteiger partial charge < -0.3 is 14.6 Å². The van der Waals surface area contributed by atoms with Crippen molar-refractivity contribution >= 4 is 5.91 Å². The topological polar surface area (TPSA) is 59.4 Å². The maximum absolute atomic E-state index is 12.7. The molecule has 29 heavy (non-hydrogen) atoms. The fourth-order valence-electron chi connectivity index (χ4n) is 4.58. The summed E-state index contributed by atoms with van der Waals surface area (Å²) >= 11 is 0. The van der Waals surface area contributed by atoms with E-state index in [2.05, 4.69) is 51.0 Å². The Bertz CT molecular complexity index is 863. The van der Waals surface area contributed by atoms with E-state index < -0.39 is 11.7 Å². The molecule has 3 heterocycles. The molecule has 154 valence electrons. The van der Waals surface area contributed by atoms with Crippen LogP contribution in [-0.4, -0.2) is 46.1 Å². The van der Waals surface area contributed by atoms with Crippen LogP contribution in [0.25, 0.3) is 0 Å². The highest BCUT2D eigenvalue weighted by Crippen LogP contribution is 2.40. The molecule has 1 saturated carbocycles. The summed E-state index contributed by atoms with van der Waals surface area (Å²) in [6, 6.07) is 8.77. The van der Waals surface area contributed by atoms with Crippen LogP contribution in [-0.2, 0) is 28.2 Å². The Morgan fingerprint density at radius 2 is 2.00 bits per heavy atom. The van der Waals surface area contributed by atoms with Crippen LogP contribution in [0.1, 0.15) is 42.6 Å². The first kappa shape index (κ1) is 18.8. The Hall–Kier alpha value is -2.18. The van der Waals surface area contributed by atoms with Gasteiger partial charge in [0.1, 0.15) is 11.4 Å². The number of rotatable bonds is 5. The number of fused-ring (bicyclic) bond motifs is 2. The van der Waals surface area contributed by atoms with Crippen molar-refractivity contribution in [3.05, 3.63) is 53.6 Å². The zero-order chi connectivity index (χ0) is 19.8. The maximum atomic E-state index is 12.7. The Morgan fingerprint density at radius 3 is 2.72 bits per heavy atom. The molecule has 0 bridgehead atoms. The number of benzene rings is 1. The second kappa shape index (κ2) is 7.58. The predicted octanol–water partition coefficient (Wildman–Crippen LogP) is 2.61. The van der Waals surface area contributed by atoms with Crippen LogP contribution >= 0.6 is 0 Å². The van der Waals surface area contributed by atoms with Crippen LogP contribution in [0.3, 0.4) is 0 Å². The van der Waals surface area contributed by atoms with Crippen LogP contribution in [0, 0.1) is 12.8 Å². The lowest BCUT2D eigenvalue weighted by Crippen LogP contribution is -2.54. The summed E-state index contributed by atoms with van der Waals surface area (Å²) in [4.78, 5) is 19.8. The SMILES string of the molecule is Cc1ccc(CN2CCC3(CC2)O[C@@H](C(=O)NCC2CC2)Cn2ccnc23)cc1. The number of aromatic nitrogens is 2. The number of imidazole rings is 1. The lowest BCUT2D eigenvalue weighted by Gasteiger charge is -2.45. The van der Waals surface area contributed by atoms with E-state index in [-0.39, 0.29) is 5.91 Å². The van der Waals surface area contributed by atoms with Gasteiger partial charge in [-0.05, 0) is 44.1 Å². The molecule has 1 aliphatic carbocycles. The molecular weight excluding hydrogens is 364 g/mol. The Morgan fingerprint density at radius 1 is 1.24 bits per heavy atom. The Balaban J connectivity index is 1.26. The summed E-state index contributed by atoms with van der Waals surface area (Å²) in [5.74, 6) is 1.68. The first-order valence-corrected chi connectivity index (χ1v) is 10.9. The number of piperidine rings is 1. The van der Waals surface area contributed by atoms with E-state index in [0.29, 0.717) is 12.5 Å². The molecule has 2 fully saturated rings. The molecule has 6 nitrogen and oxygen atoms in total. The molecule has 0 radical (unpaired) electrons. The minimum absolute atomic E-state index is 0.0257. The van der Waals surface area contributed by atoms with E-state index in [1.54, 1.807) is 0 Å². The lowest BCUT2D eigenvalue weighted by molar-refractivity contribution is -0.173. The highest BCUT2D eigenvalue weighted by molar-refractivity contribution is 5.81. The second-order valence-electron chi connectivity index (χ2n) is 8.95. The number of nitrogens with zero attached hydrogens (tertiary/aromatic N) is 3. The maximum Gasteiger partial charge on any atom is 0.251 e. The van der Waals surface area contributed by atoms with Gasteiger partial charge in [0.15, 0.2) is 6.10 Å². The molecule has 2 aromatic rings. The summed E-state index contributed by atoms with van der Waals surface area (Å²) < 4.78 is 8.63. The summed E-state index contributed by atoms with van der Waals surface area (Å²) in [5.41, 5.74) is 2.18. The van der Waals surface area contributed by atoms with Crippen LogP contribution in [0.4, 0.5) is 0 Å². The van der Waals surface area contributed by atoms with Crippen molar-refractivity contribution in [2.24, 2.45) is 5.92 Å². The van der Waals surface area contributed by atoms with Crippen molar-refractivity contribution in [1.82, 2.24) is 19.8 Å². The van der Waals surface area contributed by atoms with Crippen molar-refractivity contribution in [3.8, 4) is 0 Å². The number of amides is 1. The van der Waals surface area contributed by atoms with Gasteiger partial charge in [-0.25, -0.2) is 4.98 Å². The number of ether oxygens (including phenoxy) is 1. The first-order valence-electron chi connectivity index (χ1n) is 10.9. The van der Waals surface area contributed by atoms with E-state index in [0.717, 1.165) is 44.8 Å². The number of carbonyl (C=O) groups is 1. The molecule has 1 atom stereocenters. The van der Waals surface area contributed by atoms with Crippen molar-refractivity contribution in [1.29, 1.82) is 0 Å². The van der Waals surface area contributed by atoms with Gasteiger partial charge in [0, 0.05) is 38.6 Å². The summed E-state index contributed by atoms with van der Waals surface area (Å²) in [5, 5.41) is 3.10. The van der Waals surface area contributed by atoms with Gasteiger partial charge in [-0.3, -0.25) is 9.69 Å². The molecule has 1 aromatic carbocycles. The number of aryl methyl sites for hydroxylation is 1. The van der Waals surface area contributed by atoms with E-state index in [1.807, 2.05) is 12.4 Å². The van der Waals surface area contributed by atoms with Crippen LogP contribution in [0.2, 0.25) is 0 Å². The fourth-order valence-corrected chi connectivity index (χ4v) is 4.58. The molecule has 2 aliphatic heterocycles. The van der Waals surface area contributed by atoms with Gasteiger partial charge in [-0.15, -0.1) is 0 Å². The number of likely N-dealkylation sites (tertiary alicyclic amines) is 1. The van der Waals surface area contributed by atoms with Crippen molar-refractivity contribution < 1.29 is 9.53 Å². The molecule has 1 aromatic heterocycles. The smallest absolute Gasteiger partial charge is 0.251 e. The molecule has 6 heteroatoms. The summed E-state index contributed by atoms with van der Waals surface area (Å²) in [6.45, 7) is 6.30. The van der Waals surface area contributed by atoms with Crippen LogP contribution in [0.15, 0.2) is 36.7 Å². The largest absolute Gasteiger partial charge is 0.354 e. The number of hydrogen-bond acceptors (Lipinski definition) is 4. The average molecular weight is 395 g/mol. The van der Waals surface area contributed by atoms with Crippen molar-refractivity contribution in [2.75, 3.05) is 19.6 Å². The third-order valence-corrected chi connectivity index (χ3v) is 6.60. The monoisotopic (exact) mass is 394 g/mol. The minimum Gasteiger partial charge on any atom is -0.354 e. The first-order chi connectivity index (χ1) is 14.1. The Labute approximate surface area is 172 Å². The molecule has 1 amide bonds. The summed E-state index contributed by atoms with van der Waals surface area (Å²) in [7, 11) is 0. The minimum atomic E-state index is -0.451. The van der Waals surface area contributed by atoms with Crippen LogP contribution in [0.5, 0.6) is 0 Å².